The van der Waals surface area contributed by atoms with Crippen LogP contribution in [0.4, 0.5) is 0 Å². The van der Waals surface area contributed by atoms with Crippen molar-refractivity contribution in [2.75, 3.05) is 20.8 Å². The van der Waals surface area contributed by atoms with E-state index in [0.29, 0.717) is 12.4 Å². The van der Waals surface area contributed by atoms with Gasteiger partial charge in [0.25, 0.3) is 0 Å². The van der Waals surface area contributed by atoms with Crippen molar-refractivity contribution in [3.8, 4) is 11.5 Å². The molecule has 0 N–H and O–H groups in total. The van der Waals surface area contributed by atoms with E-state index in [1.54, 1.807) is 21.1 Å². The Kier molecular flexibility index (Phi) is 4.82. The van der Waals surface area contributed by atoms with Gasteiger partial charge in [0.2, 0.25) is 0 Å². The van der Waals surface area contributed by atoms with Gasteiger partial charge in [0, 0.05) is 5.56 Å². The van der Waals surface area contributed by atoms with Crippen LogP contribution in [0.3, 0.4) is 0 Å². The second kappa shape index (κ2) is 6.13. The molecule has 0 aromatic heterocycles. The topological polar surface area (TPSA) is 44.8 Å². The minimum Gasteiger partial charge on any atom is -0.496 e. The largest absolute Gasteiger partial charge is 0.496 e. The quantitative estimate of drug-likeness (QED) is 0.737. The molecule has 0 spiro atoms. The van der Waals surface area contributed by atoms with Crippen LogP contribution in [-0.2, 0) is 16.0 Å². The van der Waals surface area contributed by atoms with E-state index in [1.165, 1.54) is 0 Å². The average Bonchev–Trinajstić information content (AvgIpc) is 2.31. The van der Waals surface area contributed by atoms with Crippen LogP contribution in [0.25, 0.3) is 0 Å². The van der Waals surface area contributed by atoms with Crippen molar-refractivity contribution < 1.29 is 19.0 Å². The first kappa shape index (κ1) is 13.4. The first-order valence-corrected chi connectivity index (χ1v) is 5.49. The Hall–Kier alpha value is -1.71. The standard InChI is InChI=1S/C13H18O4/c1-5-17-13(14)8-10-7-11(15-3)9(2)6-12(10)16-4/h6-7H,5,8H2,1-4H3. The van der Waals surface area contributed by atoms with Gasteiger partial charge in [0.05, 0.1) is 27.2 Å². The summed E-state index contributed by atoms with van der Waals surface area (Å²) in [7, 11) is 3.18. The van der Waals surface area contributed by atoms with E-state index >= 15 is 0 Å². The molecule has 0 fully saturated rings. The van der Waals surface area contributed by atoms with Crippen LogP contribution in [-0.4, -0.2) is 26.8 Å². The van der Waals surface area contributed by atoms with E-state index in [4.69, 9.17) is 14.2 Å². The van der Waals surface area contributed by atoms with E-state index in [0.717, 1.165) is 16.9 Å². The minimum atomic E-state index is -0.267. The zero-order valence-corrected chi connectivity index (χ0v) is 10.7. The zero-order valence-electron chi connectivity index (χ0n) is 10.7. The summed E-state index contributed by atoms with van der Waals surface area (Å²) in [4.78, 5) is 11.4. The molecule has 1 aromatic carbocycles. The number of hydrogen-bond acceptors (Lipinski definition) is 4. The first-order chi connectivity index (χ1) is 8.12. The Morgan fingerprint density at radius 2 is 1.82 bits per heavy atom. The Labute approximate surface area is 101 Å². The molecule has 1 rings (SSSR count). The molecule has 0 saturated carbocycles. The van der Waals surface area contributed by atoms with Crippen LogP contribution in [0, 0.1) is 6.92 Å². The molecule has 1 aromatic rings. The van der Waals surface area contributed by atoms with Gasteiger partial charge in [-0.15, -0.1) is 0 Å². The molecular formula is C13H18O4. The lowest BCUT2D eigenvalue weighted by Crippen LogP contribution is -2.09. The Bertz CT molecular complexity index is 399. The van der Waals surface area contributed by atoms with Gasteiger partial charge < -0.3 is 14.2 Å². The van der Waals surface area contributed by atoms with Gasteiger partial charge >= 0.3 is 5.97 Å². The Balaban J connectivity index is 2.99. The molecule has 4 nitrogen and oxygen atoms in total. The van der Waals surface area contributed by atoms with E-state index in [-0.39, 0.29) is 12.4 Å². The van der Waals surface area contributed by atoms with E-state index in [9.17, 15) is 4.79 Å². The van der Waals surface area contributed by atoms with Gasteiger partial charge in [0.15, 0.2) is 0 Å². The maximum atomic E-state index is 11.4. The summed E-state index contributed by atoms with van der Waals surface area (Å²) >= 11 is 0. The van der Waals surface area contributed by atoms with E-state index in [2.05, 4.69) is 0 Å². The van der Waals surface area contributed by atoms with Crippen LogP contribution >= 0.6 is 0 Å². The fraction of sp³-hybridized carbons (Fsp3) is 0.462. The second-order valence-corrected chi connectivity index (χ2v) is 3.62. The molecule has 0 aliphatic carbocycles. The zero-order chi connectivity index (χ0) is 12.8. The Morgan fingerprint density at radius 1 is 1.18 bits per heavy atom. The average molecular weight is 238 g/mol. The molecule has 0 atom stereocenters. The van der Waals surface area contributed by atoms with Crippen LogP contribution < -0.4 is 9.47 Å². The molecular weight excluding hydrogens is 220 g/mol. The fourth-order valence-electron chi connectivity index (χ4n) is 1.62. The molecule has 17 heavy (non-hydrogen) atoms. The van der Waals surface area contributed by atoms with Gasteiger partial charge in [-0.05, 0) is 31.5 Å². The SMILES string of the molecule is CCOC(=O)Cc1cc(OC)c(C)cc1OC. The van der Waals surface area contributed by atoms with Gasteiger partial charge in [-0.3, -0.25) is 4.79 Å². The van der Waals surface area contributed by atoms with Crippen LogP contribution in [0.2, 0.25) is 0 Å². The second-order valence-electron chi connectivity index (χ2n) is 3.62. The molecule has 94 valence electrons. The first-order valence-electron chi connectivity index (χ1n) is 5.49. The third-order valence-corrected chi connectivity index (χ3v) is 2.44. The van der Waals surface area contributed by atoms with Gasteiger partial charge in [-0.25, -0.2) is 0 Å². The molecule has 4 heteroatoms. The summed E-state index contributed by atoms with van der Waals surface area (Å²) in [5, 5.41) is 0. The molecule has 0 aliphatic rings. The number of carbonyl (C=O) groups excluding carboxylic acids is 1. The monoisotopic (exact) mass is 238 g/mol. The fourth-order valence-corrected chi connectivity index (χ4v) is 1.62. The summed E-state index contributed by atoms with van der Waals surface area (Å²) < 4.78 is 15.4. The molecule has 0 heterocycles. The number of rotatable bonds is 5. The maximum absolute atomic E-state index is 11.4. The molecule has 0 bridgehead atoms. The lowest BCUT2D eigenvalue weighted by molar-refractivity contribution is -0.142. The Morgan fingerprint density at radius 3 is 2.35 bits per heavy atom. The highest BCUT2D eigenvalue weighted by atomic mass is 16.5. The number of aryl methyl sites for hydroxylation is 1. The minimum absolute atomic E-state index is 0.188. The number of esters is 1. The summed E-state index contributed by atoms with van der Waals surface area (Å²) in [6.45, 7) is 4.09. The molecule has 0 amide bonds. The number of benzene rings is 1. The number of methoxy groups -OCH3 is 2. The van der Waals surface area contributed by atoms with Crippen LogP contribution in [0.1, 0.15) is 18.1 Å². The summed E-state index contributed by atoms with van der Waals surface area (Å²) in [6.07, 6.45) is 0.188. The van der Waals surface area contributed by atoms with Crippen LogP contribution in [0.15, 0.2) is 12.1 Å². The predicted molar refractivity (Wildman–Crippen MR) is 64.6 cm³/mol. The van der Waals surface area contributed by atoms with Crippen molar-refractivity contribution >= 4 is 5.97 Å². The number of carbonyl (C=O) groups is 1. The van der Waals surface area contributed by atoms with Gasteiger partial charge in [0.1, 0.15) is 11.5 Å². The predicted octanol–water partition coefficient (Wildman–Crippen LogP) is 2.12. The van der Waals surface area contributed by atoms with E-state index < -0.39 is 0 Å². The lowest BCUT2D eigenvalue weighted by Gasteiger charge is -2.12. The molecule has 0 unspecified atom stereocenters. The maximum Gasteiger partial charge on any atom is 0.310 e. The van der Waals surface area contributed by atoms with E-state index in [1.807, 2.05) is 19.1 Å². The normalized spacial score (nSPS) is 9.88. The van der Waals surface area contributed by atoms with Gasteiger partial charge in [-0.2, -0.15) is 0 Å². The third-order valence-electron chi connectivity index (χ3n) is 2.44. The van der Waals surface area contributed by atoms with Crippen molar-refractivity contribution in [3.63, 3.8) is 0 Å². The lowest BCUT2D eigenvalue weighted by atomic mass is 10.1. The highest BCUT2D eigenvalue weighted by Crippen LogP contribution is 2.28. The highest BCUT2D eigenvalue weighted by Gasteiger charge is 2.12. The van der Waals surface area contributed by atoms with Crippen molar-refractivity contribution in [2.24, 2.45) is 0 Å². The molecule has 0 radical (unpaired) electrons. The smallest absolute Gasteiger partial charge is 0.310 e. The highest BCUT2D eigenvalue weighted by molar-refractivity contribution is 5.74. The summed E-state index contributed by atoms with van der Waals surface area (Å²) in [5.74, 6) is 1.15. The van der Waals surface area contributed by atoms with Crippen molar-refractivity contribution in [3.05, 3.63) is 23.3 Å². The van der Waals surface area contributed by atoms with Crippen LogP contribution in [0.5, 0.6) is 11.5 Å². The summed E-state index contributed by atoms with van der Waals surface area (Å²) in [6, 6.07) is 3.67. The summed E-state index contributed by atoms with van der Waals surface area (Å²) in [5.41, 5.74) is 1.74. The van der Waals surface area contributed by atoms with Crippen molar-refractivity contribution in [1.82, 2.24) is 0 Å². The number of hydrogen-bond donors (Lipinski definition) is 0. The van der Waals surface area contributed by atoms with Gasteiger partial charge in [-0.1, -0.05) is 0 Å². The molecule has 0 saturated heterocycles. The number of ether oxygens (including phenoxy) is 3. The van der Waals surface area contributed by atoms with Crippen molar-refractivity contribution in [1.29, 1.82) is 0 Å². The molecule has 0 aliphatic heterocycles. The third kappa shape index (κ3) is 3.37. The van der Waals surface area contributed by atoms with Crippen molar-refractivity contribution in [2.45, 2.75) is 20.3 Å².